The molecule has 0 aliphatic carbocycles. The Balaban J connectivity index is 1.77. The summed E-state index contributed by atoms with van der Waals surface area (Å²) in [6.07, 6.45) is 0.142. The molecule has 0 atom stereocenters. The van der Waals surface area contributed by atoms with Crippen LogP contribution in [0.4, 0.5) is 13.9 Å². The van der Waals surface area contributed by atoms with E-state index in [4.69, 9.17) is 0 Å². The first kappa shape index (κ1) is 25.2. The SMILES string of the molecule is CCN(CC)CCN(C(=O)CCCS(=O)(=O)c1ccccc1)c1nc2c(F)cc(F)cc2s1. The first-order valence-electron chi connectivity index (χ1n) is 10.8. The number of aromatic nitrogens is 1. The van der Waals surface area contributed by atoms with Crippen molar-refractivity contribution in [1.82, 2.24) is 9.88 Å². The molecule has 33 heavy (non-hydrogen) atoms. The number of carbonyl (C=O) groups excluding carboxylic acids is 1. The number of nitrogens with zero attached hydrogens (tertiary/aromatic N) is 3. The van der Waals surface area contributed by atoms with Crippen molar-refractivity contribution in [1.29, 1.82) is 0 Å². The van der Waals surface area contributed by atoms with Gasteiger partial charge in [-0.15, -0.1) is 0 Å². The van der Waals surface area contributed by atoms with E-state index in [2.05, 4.69) is 9.88 Å². The number of amides is 1. The minimum atomic E-state index is -3.49. The van der Waals surface area contributed by atoms with E-state index < -0.39 is 21.5 Å². The maximum atomic E-state index is 14.2. The Morgan fingerprint density at radius 3 is 2.42 bits per heavy atom. The van der Waals surface area contributed by atoms with Crippen molar-refractivity contribution in [3.8, 4) is 0 Å². The molecule has 0 fully saturated rings. The molecule has 0 saturated heterocycles. The fourth-order valence-electron chi connectivity index (χ4n) is 3.46. The Morgan fingerprint density at radius 1 is 1.06 bits per heavy atom. The predicted molar refractivity (Wildman–Crippen MR) is 127 cm³/mol. The lowest BCUT2D eigenvalue weighted by Crippen LogP contribution is -2.38. The third-order valence-corrected chi connectivity index (χ3v) is 8.22. The monoisotopic (exact) mass is 495 g/mol. The van der Waals surface area contributed by atoms with Crippen LogP contribution in [-0.4, -0.2) is 56.1 Å². The third kappa shape index (κ3) is 6.33. The van der Waals surface area contributed by atoms with Crippen LogP contribution >= 0.6 is 11.3 Å². The Hall–Kier alpha value is -2.43. The summed E-state index contributed by atoms with van der Waals surface area (Å²) < 4.78 is 53.1. The molecule has 0 bridgehead atoms. The normalized spacial score (nSPS) is 11.9. The van der Waals surface area contributed by atoms with Crippen LogP contribution in [0.5, 0.6) is 0 Å². The van der Waals surface area contributed by atoms with Gasteiger partial charge in [-0.1, -0.05) is 43.4 Å². The average Bonchev–Trinajstić information content (AvgIpc) is 3.21. The predicted octanol–water partition coefficient (Wildman–Crippen LogP) is 4.50. The molecule has 0 aliphatic rings. The van der Waals surface area contributed by atoms with E-state index in [1.165, 1.54) is 23.1 Å². The largest absolute Gasteiger partial charge is 0.302 e. The lowest BCUT2D eigenvalue weighted by atomic mass is 10.3. The molecular weight excluding hydrogens is 468 g/mol. The van der Waals surface area contributed by atoms with Gasteiger partial charge in [0.15, 0.2) is 20.8 Å². The van der Waals surface area contributed by atoms with Crippen LogP contribution in [-0.2, 0) is 14.6 Å². The van der Waals surface area contributed by atoms with Crippen LogP contribution in [0.15, 0.2) is 47.4 Å². The van der Waals surface area contributed by atoms with E-state index in [9.17, 15) is 22.0 Å². The highest BCUT2D eigenvalue weighted by Gasteiger charge is 2.23. The summed E-state index contributed by atoms with van der Waals surface area (Å²) in [4.78, 5) is 21.2. The summed E-state index contributed by atoms with van der Waals surface area (Å²) in [6, 6.07) is 10.1. The Kier molecular flexibility index (Phi) is 8.50. The fraction of sp³-hybridized carbons (Fsp3) is 0.391. The van der Waals surface area contributed by atoms with Crippen LogP contribution in [0.25, 0.3) is 10.2 Å². The summed E-state index contributed by atoms with van der Waals surface area (Å²) in [7, 11) is -3.49. The van der Waals surface area contributed by atoms with E-state index in [1.54, 1.807) is 18.2 Å². The number of likely N-dealkylation sites (N-methyl/N-ethyl adjacent to an activating group) is 1. The molecule has 10 heteroatoms. The quantitative estimate of drug-likeness (QED) is 0.392. The van der Waals surface area contributed by atoms with Gasteiger partial charge in [0.25, 0.3) is 0 Å². The number of halogens is 2. The first-order valence-corrected chi connectivity index (χ1v) is 13.3. The van der Waals surface area contributed by atoms with Crippen LogP contribution in [0.2, 0.25) is 0 Å². The molecule has 0 saturated carbocycles. The lowest BCUT2D eigenvalue weighted by molar-refractivity contribution is -0.118. The molecule has 0 spiro atoms. The molecular formula is C23H27F2N3O3S2. The van der Waals surface area contributed by atoms with Crippen LogP contribution in [0, 0.1) is 11.6 Å². The van der Waals surface area contributed by atoms with E-state index >= 15 is 0 Å². The number of hydrogen-bond donors (Lipinski definition) is 0. The number of anilines is 1. The van der Waals surface area contributed by atoms with Crippen molar-refractivity contribution in [3.63, 3.8) is 0 Å². The molecule has 0 radical (unpaired) electrons. The minimum Gasteiger partial charge on any atom is -0.302 e. The van der Waals surface area contributed by atoms with Gasteiger partial charge in [0, 0.05) is 25.6 Å². The number of sulfone groups is 1. The molecule has 3 rings (SSSR count). The number of hydrogen-bond acceptors (Lipinski definition) is 6. The zero-order chi connectivity index (χ0) is 24.0. The first-order chi connectivity index (χ1) is 15.7. The van der Waals surface area contributed by atoms with Gasteiger partial charge in [-0.25, -0.2) is 22.2 Å². The van der Waals surface area contributed by atoms with Crippen LogP contribution < -0.4 is 4.90 Å². The molecule has 0 unspecified atom stereocenters. The van der Waals surface area contributed by atoms with E-state index in [0.717, 1.165) is 30.5 Å². The Morgan fingerprint density at radius 2 is 1.76 bits per heavy atom. The maximum Gasteiger partial charge on any atom is 0.228 e. The summed E-state index contributed by atoms with van der Waals surface area (Å²) in [5.41, 5.74) is 0.0173. The zero-order valence-electron chi connectivity index (χ0n) is 18.6. The van der Waals surface area contributed by atoms with Gasteiger partial charge >= 0.3 is 0 Å². The molecule has 0 aliphatic heterocycles. The molecule has 6 nitrogen and oxygen atoms in total. The summed E-state index contributed by atoms with van der Waals surface area (Å²) >= 11 is 1.04. The summed E-state index contributed by atoms with van der Waals surface area (Å²) in [5, 5.41) is 0.276. The van der Waals surface area contributed by atoms with Gasteiger partial charge in [0.2, 0.25) is 5.91 Å². The minimum absolute atomic E-state index is 0.00289. The highest BCUT2D eigenvalue weighted by Crippen LogP contribution is 2.31. The van der Waals surface area contributed by atoms with Crippen molar-refractivity contribution >= 4 is 42.4 Å². The van der Waals surface area contributed by atoms with E-state index in [1.807, 2.05) is 13.8 Å². The highest BCUT2D eigenvalue weighted by atomic mass is 32.2. The molecule has 1 amide bonds. The van der Waals surface area contributed by atoms with Crippen molar-refractivity contribution in [2.45, 2.75) is 31.6 Å². The number of thiazole rings is 1. The van der Waals surface area contributed by atoms with Gasteiger partial charge in [-0.2, -0.15) is 0 Å². The van der Waals surface area contributed by atoms with Gasteiger partial charge < -0.3 is 4.90 Å². The van der Waals surface area contributed by atoms with Crippen molar-refractivity contribution in [2.24, 2.45) is 0 Å². The molecule has 2 aromatic carbocycles. The van der Waals surface area contributed by atoms with Crippen molar-refractivity contribution < 1.29 is 22.0 Å². The molecule has 1 heterocycles. The number of benzene rings is 2. The maximum absolute atomic E-state index is 14.2. The van der Waals surface area contributed by atoms with Crippen molar-refractivity contribution in [2.75, 3.05) is 36.8 Å². The van der Waals surface area contributed by atoms with E-state index in [-0.39, 0.29) is 40.0 Å². The molecule has 3 aromatic rings. The summed E-state index contributed by atoms with van der Waals surface area (Å²) in [5.74, 6) is -1.95. The molecule has 0 N–H and O–H groups in total. The second-order valence-corrected chi connectivity index (χ2v) is 10.7. The van der Waals surface area contributed by atoms with Crippen LogP contribution in [0.1, 0.15) is 26.7 Å². The van der Waals surface area contributed by atoms with E-state index in [0.29, 0.717) is 17.8 Å². The lowest BCUT2D eigenvalue weighted by Gasteiger charge is -2.24. The topological polar surface area (TPSA) is 70.6 Å². The van der Waals surface area contributed by atoms with Crippen molar-refractivity contribution in [3.05, 3.63) is 54.1 Å². The second kappa shape index (κ2) is 11.1. The Bertz CT molecular complexity index is 1200. The second-order valence-electron chi connectivity index (χ2n) is 7.54. The van der Waals surface area contributed by atoms with Gasteiger partial charge in [-0.05, 0) is 37.7 Å². The van der Waals surface area contributed by atoms with Gasteiger partial charge in [-0.3, -0.25) is 9.69 Å². The van der Waals surface area contributed by atoms with Crippen LogP contribution in [0.3, 0.4) is 0 Å². The molecule has 1 aromatic heterocycles. The Labute approximate surface area is 196 Å². The molecule has 178 valence electrons. The smallest absolute Gasteiger partial charge is 0.228 e. The van der Waals surface area contributed by atoms with Gasteiger partial charge in [0.05, 0.1) is 15.3 Å². The standard InChI is InChI=1S/C23H27F2N3O3S2/c1-3-27(4-2)12-13-28(23-26-22-19(25)15-17(24)16-20(22)32-23)21(29)11-8-14-33(30,31)18-9-6-5-7-10-18/h5-7,9-10,15-16H,3-4,8,11-14H2,1-2H3. The summed E-state index contributed by atoms with van der Waals surface area (Å²) in [6.45, 7) is 6.52. The highest BCUT2D eigenvalue weighted by molar-refractivity contribution is 7.91. The fourth-order valence-corrected chi connectivity index (χ4v) is 5.84. The number of rotatable bonds is 11. The number of carbonyl (C=O) groups is 1. The average molecular weight is 496 g/mol. The van der Waals surface area contributed by atoms with Gasteiger partial charge in [0.1, 0.15) is 11.3 Å². The zero-order valence-corrected chi connectivity index (χ0v) is 20.3. The number of fused-ring (bicyclic) bond motifs is 1. The third-order valence-electron chi connectivity index (χ3n) is 5.37.